The first-order valence-corrected chi connectivity index (χ1v) is 8.82. The lowest BCUT2D eigenvalue weighted by molar-refractivity contribution is -0.114. The van der Waals surface area contributed by atoms with Crippen LogP contribution in [0.3, 0.4) is 0 Å². The zero-order valence-electron chi connectivity index (χ0n) is 12.6. The van der Waals surface area contributed by atoms with Gasteiger partial charge in [0.1, 0.15) is 0 Å². The van der Waals surface area contributed by atoms with Crippen molar-refractivity contribution < 1.29 is 9.47 Å². The second-order valence-corrected chi connectivity index (χ2v) is 7.12. The molecule has 0 aromatic rings. The van der Waals surface area contributed by atoms with Gasteiger partial charge < -0.3 is 14.8 Å². The van der Waals surface area contributed by atoms with Crippen molar-refractivity contribution in [1.29, 1.82) is 0 Å². The van der Waals surface area contributed by atoms with Crippen molar-refractivity contribution in [1.82, 2.24) is 5.32 Å². The van der Waals surface area contributed by atoms with Gasteiger partial charge >= 0.3 is 0 Å². The Balaban J connectivity index is 2.02. The Bertz CT molecular complexity index is 259. The van der Waals surface area contributed by atoms with Crippen molar-refractivity contribution in [2.45, 2.75) is 56.8 Å². The number of rotatable bonds is 5. The van der Waals surface area contributed by atoms with E-state index in [1.54, 1.807) is 0 Å². The predicted octanol–water partition coefficient (Wildman–Crippen LogP) is 2.69. The highest BCUT2D eigenvalue weighted by Gasteiger charge is 2.42. The second-order valence-electron chi connectivity index (χ2n) is 5.89. The number of thioether (sulfide) groups is 1. The maximum atomic E-state index is 6.20. The molecule has 2 heterocycles. The molecule has 3 atom stereocenters. The first-order chi connectivity index (χ1) is 9.24. The Morgan fingerprint density at radius 2 is 2.16 bits per heavy atom. The number of likely N-dealkylation sites (N-methyl/N-ethyl adjacent to an activating group) is 1. The van der Waals surface area contributed by atoms with E-state index in [2.05, 4.69) is 31.1 Å². The van der Waals surface area contributed by atoms with Crippen molar-refractivity contribution in [2.75, 3.05) is 32.3 Å². The molecule has 4 heteroatoms. The molecule has 0 aromatic heterocycles. The number of ether oxygens (including phenoxy) is 2. The highest BCUT2D eigenvalue weighted by molar-refractivity contribution is 7.99. The minimum Gasteiger partial charge on any atom is -0.380 e. The third-order valence-electron chi connectivity index (χ3n) is 4.88. The molecule has 0 bridgehead atoms. The van der Waals surface area contributed by atoms with Crippen LogP contribution >= 0.6 is 11.8 Å². The van der Waals surface area contributed by atoms with Crippen molar-refractivity contribution in [2.24, 2.45) is 5.92 Å². The maximum absolute atomic E-state index is 6.20. The Morgan fingerprint density at radius 3 is 2.74 bits per heavy atom. The minimum absolute atomic E-state index is 0.176. The van der Waals surface area contributed by atoms with E-state index >= 15 is 0 Å². The molecular formula is C15H29NO2S. The first-order valence-electron chi connectivity index (χ1n) is 7.66. The fourth-order valence-corrected chi connectivity index (χ4v) is 4.99. The van der Waals surface area contributed by atoms with Gasteiger partial charge in [0.15, 0.2) is 0 Å². The average molecular weight is 287 g/mol. The van der Waals surface area contributed by atoms with E-state index < -0.39 is 0 Å². The minimum atomic E-state index is 0.176. The molecule has 19 heavy (non-hydrogen) atoms. The zero-order valence-corrected chi connectivity index (χ0v) is 13.4. The monoisotopic (exact) mass is 287 g/mol. The van der Waals surface area contributed by atoms with Gasteiger partial charge in [0.2, 0.25) is 0 Å². The van der Waals surface area contributed by atoms with Crippen LogP contribution in [-0.2, 0) is 9.47 Å². The van der Waals surface area contributed by atoms with Gasteiger partial charge in [-0.2, -0.15) is 11.8 Å². The Hall–Kier alpha value is 0.230. The molecule has 3 nitrogen and oxygen atoms in total. The normalized spacial score (nSPS) is 30.2. The van der Waals surface area contributed by atoms with Crippen molar-refractivity contribution >= 4 is 11.8 Å². The summed E-state index contributed by atoms with van der Waals surface area (Å²) in [6.45, 7) is 3.14. The predicted molar refractivity (Wildman–Crippen MR) is 81.9 cm³/mol. The Kier molecular flexibility index (Phi) is 6.00. The van der Waals surface area contributed by atoms with E-state index in [9.17, 15) is 0 Å². The summed E-state index contributed by atoms with van der Waals surface area (Å²) < 4.78 is 11.9. The lowest BCUT2D eigenvalue weighted by atomic mass is 9.77. The van der Waals surface area contributed by atoms with E-state index in [4.69, 9.17) is 9.47 Å². The molecule has 2 rings (SSSR count). The molecular weight excluding hydrogens is 258 g/mol. The molecule has 0 aromatic carbocycles. The van der Waals surface area contributed by atoms with Gasteiger partial charge in [-0.15, -0.1) is 0 Å². The van der Waals surface area contributed by atoms with Gasteiger partial charge in [-0.25, -0.2) is 0 Å². The largest absolute Gasteiger partial charge is 0.380 e. The average Bonchev–Trinajstić information content (AvgIpc) is 2.45. The van der Waals surface area contributed by atoms with Crippen LogP contribution < -0.4 is 5.32 Å². The molecule has 0 amide bonds. The van der Waals surface area contributed by atoms with Crippen LogP contribution in [0.25, 0.3) is 0 Å². The summed E-state index contributed by atoms with van der Waals surface area (Å²) >= 11 is 2.07. The highest BCUT2D eigenvalue weighted by Crippen LogP contribution is 2.41. The molecule has 1 N–H and O–H groups in total. The van der Waals surface area contributed by atoms with E-state index in [1.807, 2.05) is 7.11 Å². The van der Waals surface area contributed by atoms with Gasteiger partial charge in [0.25, 0.3) is 0 Å². The van der Waals surface area contributed by atoms with Gasteiger partial charge in [0.05, 0.1) is 11.7 Å². The smallest absolute Gasteiger partial charge is 0.0724 e. The zero-order chi connectivity index (χ0) is 13.7. The molecule has 2 saturated heterocycles. The second kappa shape index (κ2) is 7.30. The van der Waals surface area contributed by atoms with Gasteiger partial charge in [0, 0.05) is 19.8 Å². The summed E-state index contributed by atoms with van der Waals surface area (Å²) in [6, 6.07) is 0.463. The fourth-order valence-electron chi connectivity index (χ4n) is 3.76. The number of hydrogen-bond donors (Lipinski definition) is 1. The summed E-state index contributed by atoms with van der Waals surface area (Å²) in [4.78, 5) is 0. The van der Waals surface area contributed by atoms with Gasteiger partial charge in [-0.05, 0) is 56.6 Å². The number of methoxy groups -OCH3 is 1. The van der Waals surface area contributed by atoms with E-state index in [0.717, 1.165) is 13.0 Å². The summed E-state index contributed by atoms with van der Waals surface area (Å²) in [5, 5.41) is 3.51. The number of nitrogens with one attached hydrogen (secondary N) is 1. The molecule has 3 unspecified atom stereocenters. The summed E-state index contributed by atoms with van der Waals surface area (Å²) in [5.74, 6) is 3.21. The van der Waals surface area contributed by atoms with Crippen LogP contribution in [0.2, 0.25) is 0 Å². The highest BCUT2D eigenvalue weighted by atomic mass is 32.2. The van der Waals surface area contributed by atoms with Crippen molar-refractivity contribution in [3.05, 3.63) is 0 Å². The van der Waals surface area contributed by atoms with Crippen molar-refractivity contribution in [3.63, 3.8) is 0 Å². The standard InChI is InChI=1S/C15H29NO2S/c1-4-13(17-3)14(16-2)12-5-8-18-15(11-12)6-9-19-10-7-15/h12-14,16H,4-11H2,1-3H3. The van der Waals surface area contributed by atoms with E-state index in [-0.39, 0.29) is 5.60 Å². The molecule has 2 fully saturated rings. The van der Waals surface area contributed by atoms with Crippen LogP contribution in [0.5, 0.6) is 0 Å². The third-order valence-corrected chi connectivity index (χ3v) is 5.87. The van der Waals surface area contributed by atoms with E-state index in [1.165, 1.54) is 37.2 Å². The fraction of sp³-hybridized carbons (Fsp3) is 1.00. The maximum Gasteiger partial charge on any atom is 0.0724 e. The van der Waals surface area contributed by atoms with E-state index in [0.29, 0.717) is 18.1 Å². The van der Waals surface area contributed by atoms with Crippen LogP contribution in [0, 0.1) is 5.92 Å². The topological polar surface area (TPSA) is 30.5 Å². The quantitative estimate of drug-likeness (QED) is 0.842. The summed E-state index contributed by atoms with van der Waals surface area (Å²) in [6.07, 6.45) is 6.23. The Morgan fingerprint density at radius 1 is 1.42 bits per heavy atom. The summed E-state index contributed by atoms with van der Waals surface area (Å²) in [5.41, 5.74) is 0.176. The van der Waals surface area contributed by atoms with Crippen molar-refractivity contribution in [3.8, 4) is 0 Å². The molecule has 2 aliphatic rings. The van der Waals surface area contributed by atoms with Crippen LogP contribution in [0.15, 0.2) is 0 Å². The molecule has 0 saturated carbocycles. The van der Waals surface area contributed by atoms with Crippen LogP contribution in [-0.4, -0.2) is 50.0 Å². The van der Waals surface area contributed by atoms with Crippen LogP contribution in [0.4, 0.5) is 0 Å². The lowest BCUT2D eigenvalue weighted by Gasteiger charge is -2.46. The first kappa shape index (κ1) is 15.6. The lowest BCUT2D eigenvalue weighted by Crippen LogP contribution is -2.51. The van der Waals surface area contributed by atoms with Crippen LogP contribution in [0.1, 0.15) is 39.0 Å². The summed E-state index contributed by atoms with van der Waals surface area (Å²) in [7, 11) is 3.91. The SMILES string of the molecule is CCC(OC)C(NC)C1CCOC2(CCSCC2)C1. The molecule has 112 valence electrons. The Labute approximate surface area is 122 Å². The molecule has 0 aliphatic carbocycles. The molecule has 0 radical (unpaired) electrons. The third kappa shape index (κ3) is 3.66. The van der Waals surface area contributed by atoms with Gasteiger partial charge in [-0.3, -0.25) is 0 Å². The molecule has 2 aliphatic heterocycles. The van der Waals surface area contributed by atoms with Gasteiger partial charge in [-0.1, -0.05) is 6.92 Å². The molecule has 1 spiro atoms. The number of hydrogen-bond acceptors (Lipinski definition) is 4.